The third-order valence-corrected chi connectivity index (χ3v) is 8.20. The van der Waals surface area contributed by atoms with E-state index in [-0.39, 0.29) is 5.91 Å². The Hall–Kier alpha value is -4.02. The number of carbonyl (C=O) groups is 1. The number of para-hydroxylation sites is 2. The maximum Gasteiger partial charge on any atom is 0.238 e. The number of amides is 1. The van der Waals surface area contributed by atoms with Gasteiger partial charge >= 0.3 is 0 Å². The maximum atomic E-state index is 12.9. The Bertz CT molecular complexity index is 1490. The van der Waals surface area contributed by atoms with Crippen LogP contribution >= 0.6 is 11.9 Å². The second-order valence-corrected chi connectivity index (χ2v) is 11.2. The Kier molecular flexibility index (Phi) is 9.99. The monoisotopic (exact) mass is 586 g/mol. The number of anilines is 4. The van der Waals surface area contributed by atoms with Crippen molar-refractivity contribution in [2.24, 2.45) is 0 Å². The van der Waals surface area contributed by atoms with Gasteiger partial charge in [-0.15, -0.1) is 0 Å². The van der Waals surface area contributed by atoms with Gasteiger partial charge in [-0.05, 0) is 61.7 Å². The highest BCUT2D eigenvalue weighted by Gasteiger charge is 2.22. The Balaban J connectivity index is 1.30. The molecular weight excluding hydrogens is 548 g/mol. The summed E-state index contributed by atoms with van der Waals surface area (Å²) in [6, 6.07) is 21.6. The molecule has 1 heterocycles. The number of carbonyl (C=O) groups excluding carboxylic acids is 1. The van der Waals surface area contributed by atoms with Crippen LogP contribution in [0.25, 0.3) is 11.0 Å². The van der Waals surface area contributed by atoms with Crippen molar-refractivity contribution in [1.82, 2.24) is 14.9 Å². The van der Waals surface area contributed by atoms with Crippen LogP contribution in [0.1, 0.15) is 39.0 Å². The Labute approximate surface area is 251 Å². The molecule has 0 saturated heterocycles. The van der Waals surface area contributed by atoms with E-state index in [4.69, 9.17) is 19.4 Å². The lowest BCUT2D eigenvalue weighted by molar-refractivity contribution is -0.118. The molecule has 1 aromatic heterocycles. The summed E-state index contributed by atoms with van der Waals surface area (Å²) in [6.07, 6.45) is 6.16. The van der Waals surface area contributed by atoms with E-state index in [1.165, 1.54) is 44.1 Å². The molecule has 1 aliphatic rings. The highest BCUT2D eigenvalue weighted by atomic mass is 32.2. The van der Waals surface area contributed by atoms with Crippen molar-refractivity contribution in [1.29, 1.82) is 0 Å². The summed E-state index contributed by atoms with van der Waals surface area (Å²) < 4.78 is 14.2. The molecule has 0 bridgehead atoms. The van der Waals surface area contributed by atoms with Crippen molar-refractivity contribution in [3.8, 4) is 11.5 Å². The number of fused-ring (bicyclic) bond motifs is 1. The molecule has 1 saturated carbocycles. The number of hydrogen-bond acceptors (Lipinski definition) is 9. The molecule has 1 fully saturated rings. The van der Waals surface area contributed by atoms with Crippen LogP contribution in [-0.4, -0.2) is 54.1 Å². The molecule has 5 rings (SSSR count). The molecule has 0 radical (unpaired) electrons. The van der Waals surface area contributed by atoms with E-state index in [0.29, 0.717) is 35.7 Å². The standard InChI is InChI=1S/C32H38N6O3S/c1-4-38(24-12-6-5-7-13-24)21-30(39)33-22-11-10-14-27(19-22)42-37-32-31(35-28-15-8-9-16-29(28)36-32)34-23-17-25(40-2)20-26(18-23)41-3/h8-11,14-20,24H,4-7,12-13,21H2,1-3H3,(H,33,39)(H,34,35)(H,36,37). The average molecular weight is 587 g/mol. The second kappa shape index (κ2) is 14.2. The summed E-state index contributed by atoms with van der Waals surface area (Å²) in [4.78, 5) is 25.8. The van der Waals surface area contributed by atoms with Gasteiger partial charge in [0.05, 0.1) is 31.8 Å². The Morgan fingerprint density at radius 1 is 0.881 bits per heavy atom. The van der Waals surface area contributed by atoms with Crippen LogP contribution in [0.4, 0.5) is 23.0 Å². The third-order valence-electron chi connectivity index (χ3n) is 7.41. The summed E-state index contributed by atoms with van der Waals surface area (Å²) in [7, 11) is 3.23. The maximum absolute atomic E-state index is 12.9. The zero-order valence-corrected chi connectivity index (χ0v) is 25.2. The van der Waals surface area contributed by atoms with Crippen LogP contribution in [0.15, 0.2) is 71.6 Å². The van der Waals surface area contributed by atoms with Gasteiger partial charge in [0.15, 0.2) is 11.6 Å². The highest BCUT2D eigenvalue weighted by molar-refractivity contribution is 8.00. The van der Waals surface area contributed by atoms with Gasteiger partial charge in [0, 0.05) is 40.5 Å². The summed E-state index contributed by atoms with van der Waals surface area (Å²) in [5.74, 6) is 2.46. The Morgan fingerprint density at radius 3 is 2.24 bits per heavy atom. The summed E-state index contributed by atoms with van der Waals surface area (Å²) >= 11 is 1.40. The van der Waals surface area contributed by atoms with Crippen molar-refractivity contribution < 1.29 is 14.3 Å². The Morgan fingerprint density at radius 2 is 1.57 bits per heavy atom. The fourth-order valence-electron chi connectivity index (χ4n) is 5.25. The van der Waals surface area contributed by atoms with Gasteiger partial charge in [0.2, 0.25) is 5.91 Å². The molecule has 1 aliphatic carbocycles. The molecule has 10 heteroatoms. The van der Waals surface area contributed by atoms with Crippen LogP contribution in [-0.2, 0) is 4.79 Å². The van der Waals surface area contributed by atoms with Crippen LogP contribution in [0, 0.1) is 0 Å². The number of nitrogens with zero attached hydrogens (tertiary/aromatic N) is 3. The SMILES string of the molecule is CCN(CC(=O)Nc1cccc(SNc2nc3ccccc3nc2Nc2cc(OC)cc(OC)c2)c1)C1CCCCC1. The van der Waals surface area contributed by atoms with Crippen LogP contribution in [0.2, 0.25) is 0 Å². The minimum Gasteiger partial charge on any atom is -0.497 e. The summed E-state index contributed by atoms with van der Waals surface area (Å²) in [5.41, 5.74) is 3.05. The predicted octanol–water partition coefficient (Wildman–Crippen LogP) is 7.10. The largest absolute Gasteiger partial charge is 0.497 e. The number of ether oxygens (including phenoxy) is 2. The van der Waals surface area contributed by atoms with E-state index in [1.54, 1.807) is 14.2 Å². The molecular formula is C32H38N6O3S. The molecule has 3 N–H and O–H groups in total. The lowest BCUT2D eigenvalue weighted by atomic mass is 9.94. The van der Waals surface area contributed by atoms with Crippen molar-refractivity contribution >= 4 is 51.9 Å². The number of benzene rings is 3. The molecule has 0 atom stereocenters. The smallest absolute Gasteiger partial charge is 0.238 e. The van der Waals surface area contributed by atoms with E-state index in [1.807, 2.05) is 66.7 Å². The number of methoxy groups -OCH3 is 2. The normalized spacial score (nSPS) is 13.6. The van der Waals surface area contributed by atoms with Crippen molar-refractivity contribution in [3.63, 3.8) is 0 Å². The fourth-order valence-corrected chi connectivity index (χ4v) is 5.94. The van der Waals surface area contributed by atoms with Crippen molar-refractivity contribution in [3.05, 3.63) is 66.7 Å². The molecule has 4 aromatic rings. The number of nitrogens with one attached hydrogen (secondary N) is 3. The van der Waals surface area contributed by atoms with Crippen LogP contribution < -0.4 is 24.8 Å². The molecule has 42 heavy (non-hydrogen) atoms. The molecule has 0 spiro atoms. The van der Waals surface area contributed by atoms with Gasteiger partial charge in [-0.3, -0.25) is 9.69 Å². The van der Waals surface area contributed by atoms with E-state index in [9.17, 15) is 4.79 Å². The number of hydrogen-bond donors (Lipinski definition) is 3. The highest BCUT2D eigenvalue weighted by Crippen LogP contribution is 2.33. The lowest BCUT2D eigenvalue weighted by Crippen LogP contribution is -2.41. The number of aromatic nitrogens is 2. The minimum atomic E-state index is 0.0122. The minimum absolute atomic E-state index is 0.0122. The van der Waals surface area contributed by atoms with Gasteiger partial charge in [0.25, 0.3) is 0 Å². The molecule has 3 aromatic carbocycles. The van der Waals surface area contributed by atoms with Crippen LogP contribution in [0.3, 0.4) is 0 Å². The van der Waals surface area contributed by atoms with E-state index >= 15 is 0 Å². The first-order valence-electron chi connectivity index (χ1n) is 14.4. The molecule has 9 nitrogen and oxygen atoms in total. The van der Waals surface area contributed by atoms with E-state index in [0.717, 1.165) is 33.8 Å². The quantitative estimate of drug-likeness (QED) is 0.150. The summed E-state index contributed by atoms with van der Waals surface area (Å²) in [5, 5.41) is 6.46. The topological polar surface area (TPSA) is 101 Å². The van der Waals surface area contributed by atoms with Crippen molar-refractivity contribution in [2.75, 3.05) is 42.7 Å². The van der Waals surface area contributed by atoms with Gasteiger partial charge < -0.3 is 24.8 Å². The second-order valence-electron chi connectivity index (χ2n) is 10.3. The first kappa shape index (κ1) is 29.5. The summed E-state index contributed by atoms with van der Waals surface area (Å²) in [6.45, 7) is 3.42. The average Bonchev–Trinajstić information content (AvgIpc) is 3.03. The fraction of sp³-hybridized carbons (Fsp3) is 0.344. The third kappa shape index (κ3) is 7.63. The molecule has 0 aliphatic heterocycles. The molecule has 0 unspecified atom stereocenters. The van der Waals surface area contributed by atoms with Gasteiger partial charge in [-0.1, -0.05) is 44.4 Å². The first-order valence-corrected chi connectivity index (χ1v) is 15.2. The van der Waals surface area contributed by atoms with Gasteiger partial charge in [0.1, 0.15) is 11.5 Å². The zero-order valence-electron chi connectivity index (χ0n) is 24.4. The van der Waals surface area contributed by atoms with Gasteiger partial charge in [-0.2, -0.15) is 0 Å². The first-order chi connectivity index (χ1) is 20.5. The van der Waals surface area contributed by atoms with Gasteiger partial charge in [-0.25, -0.2) is 9.97 Å². The molecule has 220 valence electrons. The molecule has 1 amide bonds. The van der Waals surface area contributed by atoms with Crippen LogP contribution in [0.5, 0.6) is 11.5 Å². The van der Waals surface area contributed by atoms with Crippen molar-refractivity contribution in [2.45, 2.75) is 50.0 Å². The number of likely N-dealkylation sites (N-methyl/N-ethyl adjacent to an activating group) is 1. The zero-order chi connectivity index (χ0) is 29.3. The van der Waals surface area contributed by atoms with E-state index < -0.39 is 0 Å². The lowest BCUT2D eigenvalue weighted by Gasteiger charge is -2.32. The van der Waals surface area contributed by atoms with E-state index in [2.05, 4.69) is 27.2 Å². The predicted molar refractivity (Wildman–Crippen MR) is 171 cm³/mol. The number of rotatable bonds is 12.